The van der Waals surface area contributed by atoms with Crippen LogP contribution in [-0.4, -0.2) is 26.2 Å². The Bertz CT molecular complexity index is 638. The zero-order valence-corrected chi connectivity index (χ0v) is 13.6. The number of nitrogens with one attached hydrogen (secondary N) is 1. The molecule has 1 aromatic heterocycles. The first-order chi connectivity index (χ1) is 9.37. The normalized spacial score (nSPS) is 13.1. The SMILES string of the molecule is CC(C)C(CC(=O)O)(C(=O)S)c1nc2ccccc2[nH]1.N.N. The van der Waals surface area contributed by atoms with Gasteiger partial charge in [0.25, 0.3) is 0 Å². The summed E-state index contributed by atoms with van der Waals surface area (Å²) in [5.74, 6) is -0.943. The quantitative estimate of drug-likeness (QED) is 0.532. The van der Waals surface area contributed by atoms with Crippen molar-refractivity contribution in [3.05, 3.63) is 30.1 Å². The molecule has 1 heterocycles. The average Bonchev–Trinajstić information content (AvgIpc) is 2.78. The van der Waals surface area contributed by atoms with E-state index in [-0.39, 0.29) is 24.6 Å². The van der Waals surface area contributed by atoms with Gasteiger partial charge >= 0.3 is 5.97 Å². The average molecular weight is 326 g/mol. The van der Waals surface area contributed by atoms with Crippen molar-refractivity contribution in [1.82, 2.24) is 22.3 Å². The van der Waals surface area contributed by atoms with E-state index in [9.17, 15) is 9.59 Å². The van der Waals surface area contributed by atoms with E-state index < -0.39 is 16.5 Å². The van der Waals surface area contributed by atoms with Gasteiger partial charge in [0.15, 0.2) is 5.12 Å². The van der Waals surface area contributed by atoms with E-state index in [1.807, 2.05) is 24.3 Å². The molecular weight excluding hydrogens is 304 g/mol. The van der Waals surface area contributed by atoms with E-state index in [0.717, 1.165) is 5.52 Å². The molecule has 0 fully saturated rings. The van der Waals surface area contributed by atoms with Gasteiger partial charge in [0.1, 0.15) is 11.2 Å². The second-order valence-corrected chi connectivity index (χ2v) is 5.51. The van der Waals surface area contributed by atoms with Gasteiger partial charge in [-0.2, -0.15) is 0 Å². The summed E-state index contributed by atoms with van der Waals surface area (Å²) in [7, 11) is 0. The van der Waals surface area contributed by atoms with Crippen LogP contribution in [0.3, 0.4) is 0 Å². The second kappa shape index (κ2) is 7.39. The lowest BCUT2D eigenvalue weighted by Crippen LogP contribution is -2.41. The van der Waals surface area contributed by atoms with E-state index in [1.54, 1.807) is 13.8 Å². The lowest BCUT2D eigenvalue weighted by Gasteiger charge is -2.31. The lowest BCUT2D eigenvalue weighted by atomic mass is 9.74. The van der Waals surface area contributed by atoms with Gasteiger partial charge in [0, 0.05) is 0 Å². The summed E-state index contributed by atoms with van der Waals surface area (Å²) in [6, 6.07) is 7.33. The highest BCUT2D eigenvalue weighted by atomic mass is 32.1. The van der Waals surface area contributed by atoms with Crippen molar-refractivity contribution < 1.29 is 14.7 Å². The Morgan fingerprint density at radius 2 is 1.91 bits per heavy atom. The maximum atomic E-state index is 12.1. The molecule has 0 saturated heterocycles. The number of carbonyl (C=O) groups is 2. The molecule has 122 valence electrons. The number of aromatic nitrogens is 2. The van der Waals surface area contributed by atoms with E-state index >= 15 is 0 Å². The molecule has 0 aliphatic rings. The molecule has 1 unspecified atom stereocenters. The molecule has 8 N–H and O–H groups in total. The molecule has 2 aromatic rings. The van der Waals surface area contributed by atoms with Crippen molar-refractivity contribution in [2.75, 3.05) is 0 Å². The molecule has 0 saturated carbocycles. The fraction of sp³-hybridized carbons (Fsp3) is 0.357. The van der Waals surface area contributed by atoms with Crippen LogP contribution in [0.4, 0.5) is 0 Å². The fourth-order valence-corrected chi connectivity index (χ4v) is 2.83. The van der Waals surface area contributed by atoms with Gasteiger partial charge in [-0.15, -0.1) is 12.6 Å². The first kappa shape index (κ1) is 20.1. The number of nitrogens with zero attached hydrogens (tertiary/aromatic N) is 1. The van der Waals surface area contributed by atoms with Crippen LogP contribution in [0.15, 0.2) is 24.3 Å². The topological polar surface area (TPSA) is 153 Å². The number of H-pyrrole nitrogens is 1. The first-order valence-corrected chi connectivity index (χ1v) is 6.73. The number of thiol groups is 1. The van der Waals surface area contributed by atoms with Crippen molar-refractivity contribution in [2.24, 2.45) is 5.92 Å². The van der Waals surface area contributed by atoms with Gasteiger partial charge in [-0.05, 0) is 18.1 Å². The molecule has 0 aliphatic heterocycles. The number of para-hydroxylation sites is 2. The van der Waals surface area contributed by atoms with Gasteiger partial charge in [-0.3, -0.25) is 9.59 Å². The van der Waals surface area contributed by atoms with Gasteiger partial charge in [-0.1, -0.05) is 26.0 Å². The number of aliphatic carboxylic acids is 1. The van der Waals surface area contributed by atoms with Crippen LogP contribution in [0.5, 0.6) is 0 Å². The molecule has 2 rings (SSSR count). The molecule has 22 heavy (non-hydrogen) atoms. The van der Waals surface area contributed by atoms with Crippen LogP contribution in [-0.2, 0) is 15.0 Å². The summed E-state index contributed by atoms with van der Waals surface area (Å²) < 4.78 is 0. The Morgan fingerprint density at radius 3 is 2.36 bits per heavy atom. The summed E-state index contributed by atoms with van der Waals surface area (Å²) >= 11 is 3.92. The molecule has 1 atom stereocenters. The van der Waals surface area contributed by atoms with Crippen LogP contribution in [0, 0.1) is 5.92 Å². The molecule has 8 heteroatoms. The number of rotatable bonds is 5. The van der Waals surface area contributed by atoms with Crippen molar-refractivity contribution in [2.45, 2.75) is 25.7 Å². The predicted octanol–water partition coefficient (Wildman–Crippen LogP) is 2.71. The summed E-state index contributed by atoms with van der Waals surface area (Å²) in [4.78, 5) is 30.7. The second-order valence-electron chi connectivity index (χ2n) is 5.10. The Labute approximate surface area is 134 Å². The minimum absolute atomic E-state index is 0. The molecular formula is C14H22N4O3S. The third kappa shape index (κ3) is 3.29. The van der Waals surface area contributed by atoms with E-state index in [1.165, 1.54) is 0 Å². The fourth-order valence-electron chi connectivity index (χ4n) is 2.39. The van der Waals surface area contributed by atoms with E-state index in [0.29, 0.717) is 11.3 Å². The van der Waals surface area contributed by atoms with Crippen LogP contribution in [0.2, 0.25) is 0 Å². The summed E-state index contributed by atoms with van der Waals surface area (Å²) in [6.45, 7) is 3.59. The van der Waals surface area contributed by atoms with Crippen molar-refractivity contribution >= 4 is 34.7 Å². The number of carboxylic acid groups (broad SMARTS) is 1. The highest BCUT2D eigenvalue weighted by Gasteiger charge is 2.46. The minimum Gasteiger partial charge on any atom is -0.481 e. The number of aromatic amines is 1. The van der Waals surface area contributed by atoms with E-state index in [4.69, 9.17) is 5.11 Å². The third-order valence-corrected chi connectivity index (χ3v) is 4.01. The summed E-state index contributed by atoms with van der Waals surface area (Å²) in [6.07, 6.45) is -0.340. The Kier molecular flexibility index (Phi) is 6.75. The predicted molar refractivity (Wildman–Crippen MR) is 88.9 cm³/mol. The molecule has 0 amide bonds. The molecule has 0 bridgehead atoms. The standard InChI is InChI=1S/C14H16N2O3S.2H3N/c1-8(2)14(13(19)20,7-11(17)18)12-15-9-5-3-4-6-10(9)16-12;;/h3-6,8H,7H2,1-2H3,(H,15,16)(H,17,18)(H,19,20);2*1H3. The zero-order chi connectivity index (χ0) is 14.9. The number of benzene rings is 1. The van der Waals surface area contributed by atoms with Crippen LogP contribution in [0.1, 0.15) is 26.1 Å². The Balaban J connectivity index is 0.00000220. The number of hydrogen-bond donors (Lipinski definition) is 5. The van der Waals surface area contributed by atoms with Gasteiger partial charge < -0.3 is 22.4 Å². The maximum absolute atomic E-state index is 12.1. The summed E-state index contributed by atoms with van der Waals surface area (Å²) in [5, 5.41) is 8.66. The smallest absolute Gasteiger partial charge is 0.304 e. The molecule has 0 spiro atoms. The Hall–Kier alpha value is -1.90. The number of carboxylic acids is 1. The highest BCUT2D eigenvalue weighted by molar-refractivity contribution is 7.96. The molecule has 0 aliphatic carbocycles. The number of carbonyl (C=O) groups excluding carboxylic acids is 1. The maximum Gasteiger partial charge on any atom is 0.304 e. The number of imidazole rings is 1. The van der Waals surface area contributed by atoms with Crippen molar-refractivity contribution in [3.8, 4) is 0 Å². The highest BCUT2D eigenvalue weighted by Crippen LogP contribution is 2.37. The van der Waals surface area contributed by atoms with Gasteiger partial charge in [0.2, 0.25) is 0 Å². The van der Waals surface area contributed by atoms with Crippen LogP contribution < -0.4 is 12.3 Å². The lowest BCUT2D eigenvalue weighted by molar-refractivity contribution is -0.141. The van der Waals surface area contributed by atoms with Crippen molar-refractivity contribution in [1.29, 1.82) is 0 Å². The number of fused-ring (bicyclic) bond motifs is 1. The van der Waals surface area contributed by atoms with Crippen LogP contribution >= 0.6 is 12.6 Å². The molecule has 0 radical (unpaired) electrons. The summed E-state index contributed by atoms with van der Waals surface area (Å²) in [5.41, 5.74) is 0.216. The van der Waals surface area contributed by atoms with Gasteiger partial charge in [0.05, 0.1) is 17.5 Å². The minimum atomic E-state index is -1.26. The van der Waals surface area contributed by atoms with Crippen LogP contribution in [0.25, 0.3) is 11.0 Å². The monoisotopic (exact) mass is 326 g/mol. The van der Waals surface area contributed by atoms with Crippen molar-refractivity contribution in [3.63, 3.8) is 0 Å². The number of hydrogen-bond acceptors (Lipinski definition) is 5. The van der Waals surface area contributed by atoms with E-state index in [2.05, 4.69) is 22.6 Å². The molecule has 1 aromatic carbocycles. The third-order valence-electron chi connectivity index (χ3n) is 3.61. The zero-order valence-electron chi connectivity index (χ0n) is 12.7. The molecule has 7 nitrogen and oxygen atoms in total. The van der Waals surface area contributed by atoms with Gasteiger partial charge in [-0.25, -0.2) is 4.98 Å². The first-order valence-electron chi connectivity index (χ1n) is 6.28. The largest absolute Gasteiger partial charge is 0.481 e. The Morgan fingerprint density at radius 1 is 1.32 bits per heavy atom.